The molecule has 0 saturated carbocycles. The molecule has 3 rings (SSSR count). The van der Waals surface area contributed by atoms with Crippen LogP contribution in [0.25, 0.3) is 5.65 Å². The zero-order valence-corrected chi connectivity index (χ0v) is 12.8. The van der Waals surface area contributed by atoms with Crippen molar-refractivity contribution in [2.45, 2.75) is 0 Å². The molecule has 116 valence electrons. The Hall–Kier alpha value is -2.51. The van der Waals surface area contributed by atoms with Gasteiger partial charge in [-0.3, -0.25) is 4.40 Å². The smallest absolute Gasteiger partial charge is 0.358 e. The highest BCUT2D eigenvalue weighted by Crippen LogP contribution is 2.34. The standard InChI is InChI=1S/C14H7Cl2FN4O2/c15-8-2-1-3-9(16)11(8)19-20-13-12(14(22)23)18-10-5-4-7(17)6-21(10)13/h1-6H,(H,22,23). The summed E-state index contributed by atoms with van der Waals surface area (Å²) in [6, 6.07) is 7.27. The first-order valence-electron chi connectivity index (χ1n) is 6.24. The molecule has 0 unspecified atom stereocenters. The van der Waals surface area contributed by atoms with Crippen molar-refractivity contribution < 1.29 is 14.3 Å². The molecule has 6 nitrogen and oxygen atoms in total. The molecule has 0 saturated heterocycles. The van der Waals surface area contributed by atoms with Crippen LogP contribution in [0.1, 0.15) is 10.5 Å². The normalized spacial score (nSPS) is 11.4. The molecular weight excluding hydrogens is 346 g/mol. The van der Waals surface area contributed by atoms with Crippen LogP contribution in [0.5, 0.6) is 0 Å². The second-order valence-electron chi connectivity index (χ2n) is 4.43. The van der Waals surface area contributed by atoms with E-state index in [1.165, 1.54) is 16.5 Å². The molecule has 1 N–H and O–H groups in total. The number of aromatic nitrogens is 2. The fourth-order valence-corrected chi connectivity index (χ4v) is 2.40. The average Bonchev–Trinajstić information content (AvgIpc) is 2.85. The van der Waals surface area contributed by atoms with Crippen molar-refractivity contribution in [2.24, 2.45) is 10.2 Å². The van der Waals surface area contributed by atoms with E-state index in [0.717, 1.165) is 6.20 Å². The molecule has 0 fully saturated rings. The Morgan fingerprint density at radius 2 is 1.87 bits per heavy atom. The number of benzene rings is 1. The summed E-state index contributed by atoms with van der Waals surface area (Å²) in [7, 11) is 0. The van der Waals surface area contributed by atoms with Gasteiger partial charge >= 0.3 is 5.97 Å². The van der Waals surface area contributed by atoms with Gasteiger partial charge in [0.2, 0.25) is 0 Å². The maximum Gasteiger partial charge on any atom is 0.358 e. The van der Waals surface area contributed by atoms with Crippen molar-refractivity contribution in [3.05, 3.63) is 58.1 Å². The third kappa shape index (κ3) is 2.88. The quantitative estimate of drug-likeness (QED) is 0.681. The fourth-order valence-electron chi connectivity index (χ4n) is 1.93. The summed E-state index contributed by atoms with van der Waals surface area (Å²) in [5.41, 5.74) is 0.0454. The summed E-state index contributed by atoms with van der Waals surface area (Å²) < 4.78 is 14.6. The third-order valence-corrected chi connectivity index (χ3v) is 3.55. The van der Waals surface area contributed by atoms with E-state index >= 15 is 0 Å². The van der Waals surface area contributed by atoms with E-state index in [4.69, 9.17) is 23.2 Å². The maximum atomic E-state index is 13.4. The molecule has 23 heavy (non-hydrogen) atoms. The first-order valence-corrected chi connectivity index (χ1v) is 6.99. The lowest BCUT2D eigenvalue weighted by atomic mass is 10.3. The van der Waals surface area contributed by atoms with E-state index in [2.05, 4.69) is 15.2 Å². The Kier molecular flexibility index (Phi) is 3.97. The SMILES string of the molecule is O=C(O)c1nc2ccc(F)cn2c1N=Nc1c(Cl)cccc1Cl. The summed E-state index contributed by atoms with van der Waals surface area (Å²) in [5.74, 6) is -2.02. The topological polar surface area (TPSA) is 79.3 Å². The number of pyridine rings is 1. The summed E-state index contributed by atoms with van der Waals surface area (Å²) >= 11 is 12.0. The lowest BCUT2D eigenvalue weighted by Gasteiger charge is -2.00. The molecule has 0 radical (unpaired) electrons. The van der Waals surface area contributed by atoms with Gasteiger partial charge in [0.25, 0.3) is 0 Å². The largest absolute Gasteiger partial charge is 0.476 e. The molecule has 1 aromatic carbocycles. The van der Waals surface area contributed by atoms with Crippen LogP contribution in [-0.4, -0.2) is 20.5 Å². The van der Waals surface area contributed by atoms with E-state index in [0.29, 0.717) is 0 Å². The number of aromatic carboxylic acids is 1. The van der Waals surface area contributed by atoms with Crippen LogP contribution >= 0.6 is 23.2 Å². The number of rotatable bonds is 3. The second-order valence-corrected chi connectivity index (χ2v) is 5.25. The highest BCUT2D eigenvalue weighted by Gasteiger charge is 2.19. The van der Waals surface area contributed by atoms with Gasteiger partial charge < -0.3 is 5.11 Å². The predicted octanol–water partition coefficient (Wildman–Crippen LogP) is 4.89. The fraction of sp³-hybridized carbons (Fsp3) is 0. The summed E-state index contributed by atoms with van der Waals surface area (Å²) in [6.07, 6.45) is 1.07. The number of hydrogen-bond acceptors (Lipinski definition) is 4. The minimum Gasteiger partial charge on any atom is -0.476 e. The van der Waals surface area contributed by atoms with E-state index in [1.54, 1.807) is 18.2 Å². The van der Waals surface area contributed by atoms with Gasteiger partial charge in [-0.25, -0.2) is 14.2 Å². The maximum absolute atomic E-state index is 13.4. The Morgan fingerprint density at radius 1 is 1.17 bits per heavy atom. The molecule has 3 aromatic rings. The lowest BCUT2D eigenvalue weighted by Crippen LogP contribution is -1.96. The van der Waals surface area contributed by atoms with E-state index in [1.807, 2.05) is 0 Å². The van der Waals surface area contributed by atoms with E-state index in [9.17, 15) is 14.3 Å². The number of carboxylic acid groups (broad SMARTS) is 1. The number of nitrogens with zero attached hydrogens (tertiary/aromatic N) is 4. The summed E-state index contributed by atoms with van der Waals surface area (Å²) in [4.78, 5) is 15.2. The zero-order chi connectivity index (χ0) is 16.6. The monoisotopic (exact) mass is 352 g/mol. The molecule has 0 aliphatic heterocycles. The van der Waals surface area contributed by atoms with Crippen molar-refractivity contribution >= 4 is 46.3 Å². The molecule has 2 aromatic heterocycles. The minimum absolute atomic E-state index is 0.136. The molecule has 2 heterocycles. The highest BCUT2D eigenvalue weighted by molar-refractivity contribution is 6.38. The first kappa shape index (κ1) is 15.4. The number of carbonyl (C=O) groups is 1. The number of imidazole rings is 1. The molecule has 0 amide bonds. The lowest BCUT2D eigenvalue weighted by molar-refractivity contribution is 0.0692. The van der Waals surface area contributed by atoms with Gasteiger partial charge in [-0.2, -0.15) is 0 Å². The van der Waals surface area contributed by atoms with Gasteiger partial charge in [0.05, 0.1) is 10.0 Å². The van der Waals surface area contributed by atoms with Crippen LogP contribution in [0, 0.1) is 5.82 Å². The van der Waals surface area contributed by atoms with Crippen molar-refractivity contribution in [3.63, 3.8) is 0 Å². The van der Waals surface area contributed by atoms with Gasteiger partial charge in [-0.05, 0) is 24.3 Å². The van der Waals surface area contributed by atoms with Crippen molar-refractivity contribution in [2.75, 3.05) is 0 Å². The molecule has 0 spiro atoms. The van der Waals surface area contributed by atoms with Crippen molar-refractivity contribution in [1.82, 2.24) is 9.38 Å². The Morgan fingerprint density at radius 3 is 2.52 bits per heavy atom. The molecule has 0 aliphatic rings. The molecule has 9 heteroatoms. The minimum atomic E-state index is -1.31. The van der Waals surface area contributed by atoms with Crippen LogP contribution in [0.3, 0.4) is 0 Å². The van der Waals surface area contributed by atoms with Gasteiger partial charge in [-0.15, -0.1) is 10.2 Å². The van der Waals surface area contributed by atoms with Crippen LogP contribution in [0.2, 0.25) is 10.0 Å². The molecular formula is C14H7Cl2FN4O2. The second kappa shape index (κ2) is 5.94. The summed E-state index contributed by atoms with van der Waals surface area (Å²) in [6.45, 7) is 0. The molecule has 0 aliphatic carbocycles. The number of azo groups is 1. The Balaban J connectivity index is 2.19. The molecule has 0 bridgehead atoms. The van der Waals surface area contributed by atoms with E-state index < -0.39 is 11.8 Å². The number of hydrogen-bond donors (Lipinski definition) is 1. The van der Waals surface area contributed by atoms with Crippen LogP contribution in [0.4, 0.5) is 15.9 Å². The van der Waals surface area contributed by atoms with E-state index in [-0.39, 0.29) is 32.9 Å². The molecule has 0 atom stereocenters. The van der Waals surface area contributed by atoms with Crippen molar-refractivity contribution in [3.8, 4) is 0 Å². The Bertz CT molecular complexity index is 935. The van der Waals surface area contributed by atoms with Crippen LogP contribution < -0.4 is 0 Å². The number of fused-ring (bicyclic) bond motifs is 1. The third-order valence-electron chi connectivity index (χ3n) is 2.94. The predicted molar refractivity (Wildman–Crippen MR) is 82.7 cm³/mol. The Labute approximate surface area is 138 Å². The van der Waals surface area contributed by atoms with Gasteiger partial charge in [0.15, 0.2) is 11.5 Å². The number of halogens is 3. The van der Waals surface area contributed by atoms with Crippen LogP contribution in [0.15, 0.2) is 46.8 Å². The highest BCUT2D eigenvalue weighted by atomic mass is 35.5. The van der Waals surface area contributed by atoms with Crippen molar-refractivity contribution in [1.29, 1.82) is 0 Å². The number of carboxylic acids is 1. The average molecular weight is 353 g/mol. The van der Waals surface area contributed by atoms with Gasteiger partial charge in [0.1, 0.15) is 17.2 Å². The first-order chi connectivity index (χ1) is 11.0. The summed E-state index contributed by atoms with van der Waals surface area (Å²) in [5, 5.41) is 17.5. The zero-order valence-electron chi connectivity index (χ0n) is 11.2. The van der Waals surface area contributed by atoms with Gasteiger partial charge in [-0.1, -0.05) is 29.3 Å². The van der Waals surface area contributed by atoms with Gasteiger partial charge in [0, 0.05) is 6.20 Å². The van der Waals surface area contributed by atoms with Crippen LogP contribution in [-0.2, 0) is 0 Å².